The number of hydrogen-bond donors (Lipinski definition) is 2. The van der Waals surface area contributed by atoms with Crippen molar-refractivity contribution in [1.82, 2.24) is 15.5 Å². The molecular formula is C17H24N4O2S. The summed E-state index contributed by atoms with van der Waals surface area (Å²) in [6.07, 6.45) is 3.69. The first kappa shape index (κ1) is 18.3. The molecule has 24 heavy (non-hydrogen) atoms. The number of hydrogen-bond acceptors (Lipinski definition) is 4. The Morgan fingerprint density at radius 3 is 2.29 bits per heavy atom. The second kappa shape index (κ2) is 9.32. The van der Waals surface area contributed by atoms with Crippen LogP contribution in [0, 0.1) is 0 Å². The molecule has 1 aromatic carbocycles. The average Bonchev–Trinajstić information content (AvgIpc) is 2.85. The summed E-state index contributed by atoms with van der Waals surface area (Å²) in [5.74, 6) is 1.45. The van der Waals surface area contributed by atoms with E-state index in [9.17, 15) is 9.59 Å². The molecule has 0 aliphatic carbocycles. The van der Waals surface area contributed by atoms with E-state index < -0.39 is 0 Å². The quantitative estimate of drug-likeness (QED) is 0.323. The van der Waals surface area contributed by atoms with Gasteiger partial charge >= 0.3 is 0 Å². The number of thioether (sulfide) groups is 1. The van der Waals surface area contributed by atoms with Gasteiger partial charge in [0.05, 0.1) is 11.1 Å². The summed E-state index contributed by atoms with van der Waals surface area (Å²) in [6.45, 7) is 2.07. The van der Waals surface area contributed by atoms with Gasteiger partial charge in [0.25, 0.3) is 11.8 Å². The van der Waals surface area contributed by atoms with Gasteiger partial charge in [0.1, 0.15) is 0 Å². The fourth-order valence-corrected chi connectivity index (χ4v) is 2.84. The van der Waals surface area contributed by atoms with Crippen molar-refractivity contribution in [2.24, 2.45) is 4.99 Å². The lowest BCUT2D eigenvalue weighted by Crippen LogP contribution is -2.39. The van der Waals surface area contributed by atoms with E-state index in [1.54, 1.807) is 43.1 Å². The Labute approximate surface area is 147 Å². The number of unbranched alkanes of at least 4 members (excludes halogenated alkanes) is 1. The highest BCUT2D eigenvalue weighted by atomic mass is 32.2. The minimum Gasteiger partial charge on any atom is -0.356 e. The number of nitrogens with zero attached hydrogens (tertiary/aromatic N) is 2. The van der Waals surface area contributed by atoms with Gasteiger partial charge in [0.15, 0.2) is 5.96 Å². The lowest BCUT2D eigenvalue weighted by atomic mass is 10.1. The number of nitrogens with one attached hydrogen (secondary N) is 2. The summed E-state index contributed by atoms with van der Waals surface area (Å²) in [6, 6.07) is 6.99. The third-order valence-corrected chi connectivity index (χ3v) is 4.41. The van der Waals surface area contributed by atoms with Crippen molar-refractivity contribution in [2.45, 2.75) is 12.8 Å². The van der Waals surface area contributed by atoms with E-state index in [1.165, 1.54) is 4.90 Å². The molecule has 2 amide bonds. The van der Waals surface area contributed by atoms with Gasteiger partial charge in [-0.25, -0.2) is 0 Å². The number of carbonyl (C=O) groups is 2. The summed E-state index contributed by atoms with van der Waals surface area (Å²) in [5.41, 5.74) is 1.03. The van der Waals surface area contributed by atoms with Crippen molar-refractivity contribution < 1.29 is 9.59 Å². The summed E-state index contributed by atoms with van der Waals surface area (Å²) < 4.78 is 0. The van der Waals surface area contributed by atoms with Crippen LogP contribution in [0.15, 0.2) is 29.3 Å². The van der Waals surface area contributed by atoms with Gasteiger partial charge in [-0.3, -0.25) is 19.5 Å². The zero-order valence-electron chi connectivity index (χ0n) is 14.2. The van der Waals surface area contributed by atoms with E-state index in [2.05, 4.69) is 21.9 Å². The van der Waals surface area contributed by atoms with Gasteiger partial charge in [-0.1, -0.05) is 12.1 Å². The maximum atomic E-state index is 12.2. The number of benzene rings is 1. The summed E-state index contributed by atoms with van der Waals surface area (Å²) in [5, 5.41) is 6.46. The molecule has 0 saturated heterocycles. The number of aliphatic imine (C=N–C) groups is 1. The molecule has 130 valence electrons. The van der Waals surface area contributed by atoms with E-state index in [-0.39, 0.29) is 11.8 Å². The molecule has 1 aliphatic heterocycles. The molecule has 1 heterocycles. The van der Waals surface area contributed by atoms with Crippen LogP contribution in [-0.2, 0) is 0 Å². The van der Waals surface area contributed by atoms with Gasteiger partial charge in [0.2, 0.25) is 0 Å². The molecule has 0 bridgehead atoms. The van der Waals surface area contributed by atoms with Gasteiger partial charge in [0, 0.05) is 32.4 Å². The molecule has 1 aromatic rings. The summed E-state index contributed by atoms with van der Waals surface area (Å²) in [4.78, 5) is 30.0. The second-order valence-corrected chi connectivity index (χ2v) is 6.42. The topological polar surface area (TPSA) is 73.8 Å². The number of imide groups is 1. The normalized spacial score (nSPS) is 14.1. The molecule has 6 nitrogen and oxygen atoms in total. The molecule has 2 N–H and O–H groups in total. The van der Waals surface area contributed by atoms with Crippen LogP contribution in [0.5, 0.6) is 0 Å². The molecule has 0 aromatic heterocycles. The Balaban J connectivity index is 1.70. The van der Waals surface area contributed by atoms with Gasteiger partial charge < -0.3 is 10.6 Å². The molecule has 0 unspecified atom stereocenters. The maximum Gasteiger partial charge on any atom is 0.261 e. The first-order valence-electron chi connectivity index (χ1n) is 8.07. The van der Waals surface area contributed by atoms with Crippen LogP contribution < -0.4 is 10.6 Å². The average molecular weight is 348 g/mol. The van der Waals surface area contributed by atoms with E-state index in [1.807, 2.05) is 0 Å². The molecule has 7 heteroatoms. The fourth-order valence-electron chi connectivity index (χ4n) is 2.54. The van der Waals surface area contributed by atoms with Crippen LogP contribution >= 0.6 is 11.8 Å². The van der Waals surface area contributed by atoms with Crippen LogP contribution in [0.3, 0.4) is 0 Å². The van der Waals surface area contributed by atoms with Crippen LogP contribution in [0.1, 0.15) is 33.6 Å². The number of amides is 2. The Morgan fingerprint density at radius 1 is 1.08 bits per heavy atom. The minimum absolute atomic E-state index is 0.182. The van der Waals surface area contributed by atoms with Gasteiger partial charge in [-0.15, -0.1) is 0 Å². The predicted octanol–water partition coefficient (Wildman–Crippen LogP) is 1.59. The number of fused-ring (bicyclic) bond motifs is 1. The highest BCUT2D eigenvalue weighted by Gasteiger charge is 2.34. The Hall–Kier alpha value is -2.02. The zero-order valence-corrected chi connectivity index (χ0v) is 15.0. The highest BCUT2D eigenvalue weighted by Crippen LogP contribution is 2.22. The minimum atomic E-state index is -0.182. The molecule has 2 rings (SSSR count). The van der Waals surface area contributed by atoms with E-state index in [0.717, 1.165) is 37.6 Å². The first-order valence-corrected chi connectivity index (χ1v) is 9.47. The van der Waals surface area contributed by atoms with Crippen molar-refractivity contribution >= 4 is 29.5 Å². The molecule has 0 saturated carbocycles. The third kappa shape index (κ3) is 4.50. The standard InChI is InChI=1S/C17H24N4O2S/c1-18-17(20-10-12-24-2)19-9-5-6-11-21-15(22)13-7-3-4-8-14(13)16(21)23/h3-4,7-8H,5-6,9-12H2,1-2H3,(H2,18,19,20). The molecule has 0 atom stereocenters. The molecular weight excluding hydrogens is 324 g/mol. The summed E-state index contributed by atoms with van der Waals surface area (Å²) in [7, 11) is 1.74. The summed E-state index contributed by atoms with van der Waals surface area (Å²) >= 11 is 1.78. The number of rotatable bonds is 8. The Morgan fingerprint density at radius 2 is 1.71 bits per heavy atom. The number of carbonyl (C=O) groups excluding carboxylic acids is 2. The lowest BCUT2D eigenvalue weighted by Gasteiger charge is -2.14. The van der Waals surface area contributed by atoms with Crippen molar-refractivity contribution in [3.63, 3.8) is 0 Å². The predicted molar refractivity (Wildman–Crippen MR) is 98.8 cm³/mol. The highest BCUT2D eigenvalue weighted by molar-refractivity contribution is 7.98. The Bertz CT molecular complexity index is 583. The largest absolute Gasteiger partial charge is 0.356 e. The Kier molecular flexibility index (Phi) is 7.11. The van der Waals surface area contributed by atoms with Crippen LogP contribution in [0.2, 0.25) is 0 Å². The third-order valence-electron chi connectivity index (χ3n) is 3.80. The van der Waals surface area contributed by atoms with Crippen LogP contribution in [0.4, 0.5) is 0 Å². The molecule has 0 fully saturated rings. The fraction of sp³-hybridized carbons (Fsp3) is 0.471. The second-order valence-electron chi connectivity index (χ2n) is 5.43. The maximum absolute atomic E-state index is 12.2. The van der Waals surface area contributed by atoms with Crippen molar-refractivity contribution in [3.05, 3.63) is 35.4 Å². The van der Waals surface area contributed by atoms with Gasteiger partial charge in [-0.05, 0) is 31.2 Å². The van der Waals surface area contributed by atoms with Crippen LogP contribution in [0.25, 0.3) is 0 Å². The molecule has 0 spiro atoms. The monoisotopic (exact) mass is 348 g/mol. The molecule has 1 aliphatic rings. The number of guanidine groups is 1. The van der Waals surface area contributed by atoms with Crippen molar-refractivity contribution in [1.29, 1.82) is 0 Å². The van der Waals surface area contributed by atoms with Crippen molar-refractivity contribution in [3.8, 4) is 0 Å². The first-order chi connectivity index (χ1) is 11.7. The van der Waals surface area contributed by atoms with E-state index in [0.29, 0.717) is 17.7 Å². The van der Waals surface area contributed by atoms with Crippen LogP contribution in [-0.4, -0.2) is 61.4 Å². The zero-order chi connectivity index (χ0) is 17.4. The molecule has 0 radical (unpaired) electrons. The van der Waals surface area contributed by atoms with E-state index in [4.69, 9.17) is 0 Å². The lowest BCUT2D eigenvalue weighted by molar-refractivity contribution is 0.0652. The smallest absolute Gasteiger partial charge is 0.261 e. The van der Waals surface area contributed by atoms with E-state index >= 15 is 0 Å². The van der Waals surface area contributed by atoms with Crippen molar-refractivity contribution in [2.75, 3.05) is 38.7 Å². The SMILES string of the molecule is CN=C(NCCCCN1C(=O)c2ccccc2C1=O)NCCSC. The van der Waals surface area contributed by atoms with Gasteiger partial charge in [-0.2, -0.15) is 11.8 Å².